The maximum Gasteiger partial charge on any atom is 0.265 e. The number of halogens is 1. The number of nitrogens with zero attached hydrogens (tertiary/aromatic N) is 2. The topological polar surface area (TPSA) is 46.9 Å². The summed E-state index contributed by atoms with van der Waals surface area (Å²) in [6, 6.07) is 8.48. The molecule has 1 unspecified atom stereocenters. The van der Waals surface area contributed by atoms with E-state index in [9.17, 15) is 9.18 Å². The van der Waals surface area contributed by atoms with Crippen molar-refractivity contribution < 1.29 is 9.18 Å². The minimum atomic E-state index is -0.251. The van der Waals surface area contributed by atoms with E-state index in [1.807, 2.05) is 18.5 Å². The molecule has 2 aromatic heterocycles. The van der Waals surface area contributed by atoms with E-state index in [2.05, 4.69) is 23.4 Å². The van der Waals surface area contributed by atoms with Gasteiger partial charge in [-0.3, -0.25) is 9.48 Å². The van der Waals surface area contributed by atoms with Crippen molar-refractivity contribution in [1.29, 1.82) is 0 Å². The second-order valence-corrected chi connectivity index (χ2v) is 9.00. The third-order valence-corrected chi connectivity index (χ3v) is 7.09. The Balaban J connectivity index is 1.51. The third kappa shape index (κ3) is 4.13. The summed E-state index contributed by atoms with van der Waals surface area (Å²) >= 11 is 1.62. The van der Waals surface area contributed by atoms with Gasteiger partial charge in [-0.1, -0.05) is 25.5 Å². The fraction of sp³-hybridized carbons (Fsp3) is 0.391. The van der Waals surface area contributed by atoms with Crippen molar-refractivity contribution in [2.75, 3.05) is 5.32 Å². The molecule has 4 rings (SSSR count). The minimum Gasteiger partial charge on any atom is -0.318 e. The molecule has 1 N–H and O–H groups in total. The summed E-state index contributed by atoms with van der Waals surface area (Å²) in [5.41, 5.74) is 4.75. The van der Waals surface area contributed by atoms with Crippen molar-refractivity contribution in [3.05, 3.63) is 68.4 Å². The van der Waals surface area contributed by atoms with Crippen LogP contribution in [-0.4, -0.2) is 15.7 Å². The molecule has 0 bridgehead atoms. The molecule has 0 aliphatic heterocycles. The molecule has 3 aromatic rings. The van der Waals surface area contributed by atoms with Crippen LogP contribution in [0.25, 0.3) is 0 Å². The molecule has 29 heavy (non-hydrogen) atoms. The molecule has 0 spiro atoms. The molecule has 0 saturated heterocycles. The summed E-state index contributed by atoms with van der Waals surface area (Å²) in [4.78, 5) is 15.0. The highest BCUT2D eigenvalue weighted by Crippen LogP contribution is 2.34. The SMILES string of the molecule is CCC1CCc2sc(C(=O)Nc3c(C)nn(Cc4ccc(F)cc4)c3C)cc2C1. The van der Waals surface area contributed by atoms with Crippen molar-refractivity contribution in [3.63, 3.8) is 0 Å². The Kier molecular flexibility index (Phi) is 5.54. The largest absolute Gasteiger partial charge is 0.318 e. The number of amides is 1. The van der Waals surface area contributed by atoms with Crippen LogP contribution in [0.3, 0.4) is 0 Å². The first-order chi connectivity index (χ1) is 13.9. The van der Waals surface area contributed by atoms with Gasteiger partial charge in [-0.25, -0.2) is 4.39 Å². The van der Waals surface area contributed by atoms with E-state index < -0.39 is 0 Å². The van der Waals surface area contributed by atoms with Gasteiger partial charge in [0.1, 0.15) is 5.82 Å². The highest BCUT2D eigenvalue weighted by atomic mass is 32.1. The molecule has 1 aromatic carbocycles. The number of hydrogen-bond acceptors (Lipinski definition) is 3. The van der Waals surface area contributed by atoms with Gasteiger partial charge >= 0.3 is 0 Å². The first-order valence-corrected chi connectivity index (χ1v) is 11.0. The Bertz CT molecular complexity index is 1040. The molecule has 0 fully saturated rings. The number of carbonyl (C=O) groups is 1. The van der Waals surface area contributed by atoms with E-state index >= 15 is 0 Å². The summed E-state index contributed by atoms with van der Waals surface area (Å²) < 4.78 is 15.0. The van der Waals surface area contributed by atoms with E-state index in [0.29, 0.717) is 6.54 Å². The number of nitrogens with one attached hydrogen (secondary N) is 1. The van der Waals surface area contributed by atoms with Gasteiger partial charge in [0, 0.05) is 4.88 Å². The summed E-state index contributed by atoms with van der Waals surface area (Å²) in [5.74, 6) is 0.422. The van der Waals surface area contributed by atoms with Crippen molar-refractivity contribution in [2.24, 2.45) is 5.92 Å². The zero-order valence-electron chi connectivity index (χ0n) is 17.1. The normalized spacial score (nSPS) is 15.9. The van der Waals surface area contributed by atoms with Gasteiger partial charge in [-0.2, -0.15) is 5.10 Å². The standard InChI is InChI=1S/C23H26FN3OS/c1-4-16-7-10-20-18(11-16)12-21(29-20)23(28)25-22-14(2)26-27(15(22)3)13-17-5-8-19(24)9-6-17/h5-6,8-9,12,16H,4,7,10-11,13H2,1-3H3,(H,25,28). The number of benzene rings is 1. The smallest absolute Gasteiger partial charge is 0.265 e. The van der Waals surface area contributed by atoms with Crippen LogP contribution in [-0.2, 0) is 19.4 Å². The van der Waals surface area contributed by atoms with Crippen LogP contribution in [0.2, 0.25) is 0 Å². The summed E-state index contributed by atoms with van der Waals surface area (Å²) in [6.45, 7) is 6.62. The van der Waals surface area contributed by atoms with Crippen molar-refractivity contribution >= 4 is 22.9 Å². The fourth-order valence-corrected chi connectivity index (χ4v) is 5.13. The molecule has 1 aliphatic carbocycles. The minimum absolute atomic E-state index is 0.0648. The zero-order valence-corrected chi connectivity index (χ0v) is 17.9. The molecule has 1 atom stereocenters. The van der Waals surface area contributed by atoms with E-state index in [1.54, 1.807) is 23.5 Å². The maximum absolute atomic E-state index is 13.1. The Labute approximate surface area is 174 Å². The molecule has 0 radical (unpaired) electrons. The number of anilines is 1. The predicted octanol–water partition coefficient (Wildman–Crippen LogP) is 5.52. The van der Waals surface area contributed by atoms with Crippen LogP contribution >= 0.6 is 11.3 Å². The second-order valence-electron chi connectivity index (χ2n) is 7.86. The Morgan fingerprint density at radius 3 is 2.79 bits per heavy atom. The Hall–Kier alpha value is -2.47. The average molecular weight is 412 g/mol. The van der Waals surface area contributed by atoms with Gasteiger partial charge in [0.25, 0.3) is 5.91 Å². The van der Waals surface area contributed by atoms with Crippen LogP contribution < -0.4 is 5.32 Å². The first kappa shape index (κ1) is 19.8. The van der Waals surface area contributed by atoms with E-state index in [1.165, 1.54) is 35.4 Å². The van der Waals surface area contributed by atoms with E-state index in [0.717, 1.165) is 46.3 Å². The van der Waals surface area contributed by atoms with Gasteiger partial charge in [-0.05, 0) is 68.4 Å². The Morgan fingerprint density at radius 1 is 1.31 bits per heavy atom. The lowest BCUT2D eigenvalue weighted by molar-refractivity contribution is 0.103. The van der Waals surface area contributed by atoms with E-state index in [-0.39, 0.29) is 11.7 Å². The number of carbonyl (C=O) groups excluding carboxylic acids is 1. The van der Waals surface area contributed by atoms with Gasteiger partial charge in [0.15, 0.2) is 0 Å². The van der Waals surface area contributed by atoms with E-state index in [4.69, 9.17) is 0 Å². The van der Waals surface area contributed by atoms with Crippen LogP contribution in [0.1, 0.15) is 56.8 Å². The molecule has 0 saturated carbocycles. The van der Waals surface area contributed by atoms with Crippen molar-refractivity contribution in [1.82, 2.24) is 9.78 Å². The zero-order chi connectivity index (χ0) is 20.5. The van der Waals surface area contributed by atoms with Gasteiger partial charge < -0.3 is 5.32 Å². The number of hydrogen-bond donors (Lipinski definition) is 1. The molecule has 4 nitrogen and oxygen atoms in total. The molecule has 152 valence electrons. The van der Waals surface area contributed by atoms with Crippen molar-refractivity contribution in [3.8, 4) is 0 Å². The number of fused-ring (bicyclic) bond motifs is 1. The van der Waals surface area contributed by atoms with Crippen molar-refractivity contribution in [2.45, 2.75) is 53.0 Å². The second kappa shape index (κ2) is 8.11. The van der Waals surface area contributed by atoms with Crippen LogP contribution in [0, 0.1) is 25.6 Å². The van der Waals surface area contributed by atoms with Crippen LogP contribution in [0.4, 0.5) is 10.1 Å². The van der Waals surface area contributed by atoms with Gasteiger partial charge in [0.05, 0.1) is 28.5 Å². The third-order valence-electron chi connectivity index (χ3n) is 5.85. The lowest BCUT2D eigenvalue weighted by Crippen LogP contribution is -2.12. The predicted molar refractivity (Wildman–Crippen MR) is 115 cm³/mol. The van der Waals surface area contributed by atoms with Gasteiger partial charge in [-0.15, -0.1) is 11.3 Å². The molecule has 2 heterocycles. The van der Waals surface area contributed by atoms with Crippen LogP contribution in [0.15, 0.2) is 30.3 Å². The monoisotopic (exact) mass is 411 g/mol. The molecular formula is C23H26FN3OS. The number of aryl methyl sites for hydroxylation is 2. The number of thiophene rings is 1. The number of aromatic nitrogens is 2. The lowest BCUT2D eigenvalue weighted by atomic mass is 9.87. The summed E-state index contributed by atoms with van der Waals surface area (Å²) in [5, 5.41) is 7.64. The van der Waals surface area contributed by atoms with Crippen LogP contribution in [0.5, 0.6) is 0 Å². The summed E-state index contributed by atoms with van der Waals surface area (Å²) in [6.07, 6.45) is 4.59. The highest BCUT2D eigenvalue weighted by Gasteiger charge is 2.23. The molecule has 1 aliphatic rings. The first-order valence-electron chi connectivity index (χ1n) is 10.2. The summed E-state index contributed by atoms with van der Waals surface area (Å²) in [7, 11) is 0. The lowest BCUT2D eigenvalue weighted by Gasteiger charge is -2.19. The molecule has 6 heteroatoms. The Morgan fingerprint density at radius 2 is 2.07 bits per heavy atom. The highest BCUT2D eigenvalue weighted by molar-refractivity contribution is 7.14. The number of rotatable bonds is 5. The molecular weight excluding hydrogens is 385 g/mol. The quantitative estimate of drug-likeness (QED) is 0.601. The fourth-order valence-electron chi connectivity index (χ4n) is 4.03. The average Bonchev–Trinajstić information content (AvgIpc) is 3.25. The van der Waals surface area contributed by atoms with Gasteiger partial charge in [0.2, 0.25) is 0 Å². The maximum atomic E-state index is 13.1. The molecule has 1 amide bonds.